The maximum atomic E-state index is 13.5. The van der Waals surface area contributed by atoms with E-state index in [1.54, 1.807) is 68.6 Å². The second kappa shape index (κ2) is 8.46. The van der Waals surface area contributed by atoms with E-state index in [1.807, 2.05) is 12.1 Å². The molecule has 0 aromatic heterocycles. The van der Waals surface area contributed by atoms with Crippen molar-refractivity contribution < 1.29 is 14.3 Å². The molecule has 1 heterocycles. The molecular formula is C24H18Cl2N2O3. The molecule has 1 N–H and O–H groups in total. The summed E-state index contributed by atoms with van der Waals surface area (Å²) in [5.74, 6) is -0.353. The van der Waals surface area contributed by atoms with E-state index in [0.29, 0.717) is 38.3 Å². The van der Waals surface area contributed by atoms with Crippen LogP contribution in [-0.2, 0) is 9.59 Å². The molecule has 31 heavy (non-hydrogen) atoms. The van der Waals surface area contributed by atoms with Crippen molar-refractivity contribution in [3.63, 3.8) is 0 Å². The Labute approximate surface area is 189 Å². The van der Waals surface area contributed by atoms with Gasteiger partial charge in [0.2, 0.25) is 0 Å². The molecule has 0 bridgehead atoms. The van der Waals surface area contributed by atoms with Gasteiger partial charge in [-0.3, -0.25) is 9.59 Å². The van der Waals surface area contributed by atoms with E-state index >= 15 is 0 Å². The number of hydrogen-bond acceptors (Lipinski definition) is 4. The third-order valence-corrected chi connectivity index (χ3v) is 5.47. The van der Waals surface area contributed by atoms with E-state index in [2.05, 4.69) is 5.32 Å². The number of amides is 2. The van der Waals surface area contributed by atoms with Crippen LogP contribution >= 0.6 is 23.2 Å². The van der Waals surface area contributed by atoms with Crippen molar-refractivity contribution in [2.24, 2.45) is 0 Å². The SMILES string of the molecule is COc1ccccc1NC1=C(c2ccc(Cl)cc2)C(=O)N(c2ccc(Cl)cc2C)C1=O. The molecule has 1 aliphatic rings. The van der Waals surface area contributed by atoms with E-state index in [1.165, 1.54) is 0 Å². The Morgan fingerprint density at radius 1 is 0.871 bits per heavy atom. The monoisotopic (exact) mass is 452 g/mol. The van der Waals surface area contributed by atoms with Crippen LogP contribution in [0.5, 0.6) is 5.75 Å². The number of rotatable bonds is 5. The first kappa shape index (κ1) is 21.0. The highest BCUT2D eigenvalue weighted by molar-refractivity contribution is 6.46. The van der Waals surface area contributed by atoms with Crippen molar-refractivity contribution in [1.82, 2.24) is 0 Å². The number of ether oxygens (including phenoxy) is 1. The molecule has 7 heteroatoms. The van der Waals surface area contributed by atoms with Gasteiger partial charge >= 0.3 is 0 Å². The standard InChI is InChI=1S/C24H18Cl2N2O3/c1-14-13-17(26)11-12-19(14)28-23(29)21(15-7-9-16(25)10-8-15)22(24(28)30)27-18-5-3-4-6-20(18)31-2/h3-13,27H,1-2H3. The number of benzene rings is 3. The van der Waals surface area contributed by atoms with Crippen molar-refractivity contribution in [1.29, 1.82) is 0 Å². The molecule has 0 saturated carbocycles. The van der Waals surface area contributed by atoms with Crippen molar-refractivity contribution >= 4 is 52.0 Å². The molecule has 5 nitrogen and oxygen atoms in total. The molecule has 0 unspecified atom stereocenters. The Morgan fingerprint density at radius 3 is 2.23 bits per heavy atom. The molecular weight excluding hydrogens is 435 g/mol. The minimum Gasteiger partial charge on any atom is -0.495 e. The lowest BCUT2D eigenvalue weighted by Gasteiger charge is -2.18. The highest BCUT2D eigenvalue weighted by atomic mass is 35.5. The van der Waals surface area contributed by atoms with Crippen LogP contribution in [0.15, 0.2) is 72.4 Å². The minimum atomic E-state index is -0.466. The van der Waals surface area contributed by atoms with Crippen LogP contribution in [0, 0.1) is 6.92 Å². The van der Waals surface area contributed by atoms with Crippen molar-refractivity contribution in [2.45, 2.75) is 6.92 Å². The first-order valence-corrected chi connectivity index (χ1v) is 10.2. The van der Waals surface area contributed by atoms with Crippen LogP contribution in [0.2, 0.25) is 10.0 Å². The fourth-order valence-corrected chi connectivity index (χ4v) is 3.85. The summed E-state index contributed by atoms with van der Waals surface area (Å²) in [6, 6.07) is 19.0. The summed E-state index contributed by atoms with van der Waals surface area (Å²) in [4.78, 5) is 28.2. The number of carbonyl (C=O) groups excluding carboxylic acids is 2. The van der Waals surface area contributed by atoms with Gasteiger partial charge in [-0.25, -0.2) is 4.90 Å². The number of anilines is 2. The number of halogens is 2. The minimum absolute atomic E-state index is 0.158. The molecule has 0 saturated heterocycles. The van der Waals surface area contributed by atoms with Gasteiger partial charge < -0.3 is 10.1 Å². The summed E-state index contributed by atoms with van der Waals surface area (Å²) in [5, 5.41) is 4.18. The zero-order valence-corrected chi connectivity index (χ0v) is 18.3. The Balaban J connectivity index is 1.86. The summed E-state index contributed by atoms with van der Waals surface area (Å²) in [6.45, 7) is 1.80. The molecule has 3 aromatic carbocycles. The van der Waals surface area contributed by atoms with Crippen molar-refractivity contribution in [3.05, 3.63) is 93.6 Å². The molecule has 0 spiro atoms. The second-order valence-corrected chi connectivity index (χ2v) is 7.83. The number of hydrogen-bond donors (Lipinski definition) is 1. The largest absolute Gasteiger partial charge is 0.495 e. The average molecular weight is 453 g/mol. The average Bonchev–Trinajstić information content (AvgIpc) is 2.99. The lowest BCUT2D eigenvalue weighted by molar-refractivity contribution is -0.120. The molecule has 0 atom stereocenters. The fraction of sp³-hybridized carbons (Fsp3) is 0.0833. The lowest BCUT2D eigenvalue weighted by Crippen LogP contribution is -2.33. The Morgan fingerprint density at radius 2 is 1.55 bits per heavy atom. The van der Waals surface area contributed by atoms with Crippen LogP contribution < -0.4 is 15.0 Å². The molecule has 0 radical (unpaired) electrons. The Kier molecular flexibility index (Phi) is 5.72. The lowest BCUT2D eigenvalue weighted by atomic mass is 10.0. The molecule has 4 rings (SSSR count). The maximum Gasteiger partial charge on any atom is 0.282 e. The fourth-order valence-electron chi connectivity index (χ4n) is 3.50. The van der Waals surface area contributed by atoms with Crippen LogP contribution in [-0.4, -0.2) is 18.9 Å². The molecule has 0 aliphatic carbocycles. The van der Waals surface area contributed by atoms with E-state index < -0.39 is 11.8 Å². The van der Waals surface area contributed by atoms with Gasteiger partial charge in [0.25, 0.3) is 11.8 Å². The molecule has 3 aromatic rings. The number of para-hydroxylation sites is 2. The van der Waals surface area contributed by atoms with Gasteiger partial charge in [-0.15, -0.1) is 0 Å². The van der Waals surface area contributed by atoms with Crippen molar-refractivity contribution in [3.8, 4) is 5.75 Å². The normalized spacial score (nSPS) is 13.7. The molecule has 156 valence electrons. The number of aryl methyl sites for hydroxylation is 1. The van der Waals surface area contributed by atoms with Crippen LogP contribution in [0.25, 0.3) is 5.57 Å². The number of carbonyl (C=O) groups is 2. The van der Waals surface area contributed by atoms with Gasteiger partial charge in [0, 0.05) is 10.0 Å². The van der Waals surface area contributed by atoms with Crippen LogP contribution in [0.1, 0.15) is 11.1 Å². The summed E-state index contributed by atoms with van der Waals surface area (Å²) in [7, 11) is 1.54. The number of nitrogens with one attached hydrogen (secondary N) is 1. The van der Waals surface area contributed by atoms with Gasteiger partial charge in [0.05, 0.1) is 24.1 Å². The van der Waals surface area contributed by atoms with Gasteiger partial charge in [0.15, 0.2) is 0 Å². The quantitative estimate of drug-likeness (QED) is 0.503. The van der Waals surface area contributed by atoms with Gasteiger partial charge in [-0.2, -0.15) is 0 Å². The Bertz CT molecular complexity index is 1220. The predicted octanol–water partition coefficient (Wildman–Crippen LogP) is 5.71. The van der Waals surface area contributed by atoms with E-state index in [0.717, 1.165) is 4.90 Å². The third kappa shape index (κ3) is 3.90. The molecule has 0 fully saturated rings. The van der Waals surface area contributed by atoms with E-state index in [9.17, 15) is 9.59 Å². The second-order valence-electron chi connectivity index (χ2n) is 6.96. The molecule has 1 aliphatic heterocycles. The Hall–Kier alpha value is -3.28. The first-order chi connectivity index (χ1) is 14.9. The predicted molar refractivity (Wildman–Crippen MR) is 124 cm³/mol. The number of imide groups is 1. The third-order valence-electron chi connectivity index (χ3n) is 4.98. The van der Waals surface area contributed by atoms with E-state index in [4.69, 9.17) is 27.9 Å². The number of methoxy groups -OCH3 is 1. The smallest absolute Gasteiger partial charge is 0.282 e. The summed E-state index contributed by atoms with van der Waals surface area (Å²) >= 11 is 12.1. The summed E-state index contributed by atoms with van der Waals surface area (Å²) in [5.41, 5.74) is 2.75. The molecule has 2 amide bonds. The first-order valence-electron chi connectivity index (χ1n) is 9.46. The topological polar surface area (TPSA) is 58.6 Å². The van der Waals surface area contributed by atoms with Crippen LogP contribution in [0.4, 0.5) is 11.4 Å². The van der Waals surface area contributed by atoms with Gasteiger partial charge in [0.1, 0.15) is 11.4 Å². The zero-order valence-electron chi connectivity index (χ0n) is 16.8. The zero-order chi connectivity index (χ0) is 22.1. The highest BCUT2D eigenvalue weighted by Gasteiger charge is 2.41. The summed E-state index contributed by atoms with van der Waals surface area (Å²) < 4.78 is 5.39. The van der Waals surface area contributed by atoms with Crippen LogP contribution in [0.3, 0.4) is 0 Å². The summed E-state index contributed by atoms with van der Waals surface area (Å²) in [6.07, 6.45) is 0. The van der Waals surface area contributed by atoms with E-state index in [-0.39, 0.29) is 11.3 Å². The maximum absolute atomic E-state index is 13.5. The van der Waals surface area contributed by atoms with Crippen molar-refractivity contribution in [2.75, 3.05) is 17.3 Å². The number of nitrogens with zero attached hydrogens (tertiary/aromatic N) is 1. The van der Waals surface area contributed by atoms with Gasteiger partial charge in [-0.1, -0.05) is 47.5 Å². The van der Waals surface area contributed by atoms with Gasteiger partial charge in [-0.05, 0) is 60.5 Å². The highest BCUT2D eigenvalue weighted by Crippen LogP contribution is 2.37.